The van der Waals surface area contributed by atoms with Gasteiger partial charge in [-0.05, 0) is 51.3 Å². The van der Waals surface area contributed by atoms with Crippen LogP contribution in [-0.2, 0) is 13.0 Å². The summed E-state index contributed by atoms with van der Waals surface area (Å²) in [6.07, 6.45) is 7.27. The Labute approximate surface area is 170 Å². The monoisotopic (exact) mass is 395 g/mol. The van der Waals surface area contributed by atoms with Crippen LogP contribution in [0.1, 0.15) is 38.1 Å². The van der Waals surface area contributed by atoms with Gasteiger partial charge in [-0.2, -0.15) is 4.57 Å². The van der Waals surface area contributed by atoms with Gasteiger partial charge in [-0.25, -0.2) is 0 Å². The number of allylic oxidation sites excluding steroid dienone is 1. The molecule has 0 aliphatic carbocycles. The normalized spacial score (nSPS) is 15.0. The van der Waals surface area contributed by atoms with Crippen molar-refractivity contribution in [2.24, 2.45) is 0 Å². The summed E-state index contributed by atoms with van der Waals surface area (Å²) in [5.41, 5.74) is 2.76. The molecule has 0 atom stereocenters. The van der Waals surface area contributed by atoms with Crippen molar-refractivity contribution in [3.05, 3.63) is 64.6 Å². The summed E-state index contributed by atoms with van der Waals surface area (Å²) in [5, 5.41) is 2.92. The third-order valence-corrected chi connectivity index (χ3v) is 7.50. The highest BCUT2D eigenvalue weighted by molar-refractivity contribution is 8.03. The van der Waals surface area contributed by atoms with Gasteiger partial charge >= 0.3 is 0 Å². The zero-order valence-corrected chi connectivity index (χ0v) is 17.8. The Morgan fingerprint density at radius 2 is 1.81 bits per heavy atom. The van der Waals surface area contributed by atoms with Gasteiger partial charge in [0.05, 0.1) is 10.7 Å². The SMILES string of the molecule is CCN1/C(=C/CCCCc2sc3ccccc3[n+]2CC)Sc2ccccc21. The Hall–Kier alpha value is -1.78. The number of aryl methyl sites for hydroxylation is 2. The Morgan fingerprint density at radius 1 is 1.00 bits per heavy atom. The Kier molecular flexibility index (Phi) is 5.84. The van der Waals surface area contributed by atoms with E-state index >= 15 is 0 Å². The number of nitrogens with zero attached hydrogens (tertiary/aromatic N) is 2. The van der Waals surface area contributed by atoms with Gasteiger partial charge in [0.25, 0.3) is 0 Å². The summed E-state index contributed by atoms with van der Waals surface area (Å²) >= 11 is 3.88. The summed E-state index contributed by atoms with van der Waals surface area (Å²) in [6.45, 7) is 6.58. The highest BCUT2D eigenvalue weighted by atomic mass is 32.2. The second kappa shape index (κ2) is 8.49. The molecule has 27 heavy (non-hydrogen) atoms. The minimum Gasteiger partial charge on any atom is -0.336 e. The van der Waals surface area contributed by atoms with E-state index in [1.807, 2.05) is 23.1 Å². The largest absolute Gasteiger partial charge is 0.336 e. The molecule has 2 heterocycles. The number of aromatic nitrogens is 1. The molecule has 0 fully saturated rings. The van der Waals surface area contributed by atoms with Gasteiger partial charge in [0, 0.05) is 23.9 Å². The maximum absolute atomic E-state index is 2.49. The molecule has 0 spiro atoms. The zero-order chi connectivity index (χ0) is 18.6. The second-order valence-electron chi connectivity index (χ2n) is 6.81. The predicted octanol–water partition coefficient (Wildman–Crippen LogP) is 6.40. The molecule has 1 aliphatic rings. The lowest BCUT2D eigenvalue weighted by atomic mass is 10.2. The molecule has 0 saturated heterocycles. The Morgan fingerprint density at radius 3 is 2.67 bits per heavy atom. The van der Waals surface area contributed by atoms with Crippen LogP contribution in [0.5, 0.6) is 0 Å². The first-order chi connectivity index (χ1) is 13.3. The van der Waals surface area contributed by atoms with Crippen molar-refractivity contribution in [1.82, 2.24) is 0 Å². The van der Waals surface area contributed by atoms with Crippen molar-refractivity contribution >= 4 is 39.0 Å². The molecule has 0 bridgehead atoms. The number of anilines is 1. The van der Waals surface area contributed by atoms with Crippen LogP contribution < -0.4 is 9.47 Å². The van der Waals surface area contributed by atoms with Gasteiger partial charge < -0.3 is 4.90 Å². The molecule has 140 valence electrons. The zero-order valence-electron chi connectivity index (χ0n) is 16.1. The molecule has 0 unspecified atom stereocenters. The van der Waals surface area contributed by atoms with Gasteiger partial charge in [-0.15, -0.1) is 0 Å². The Bertz CT molecular complexity index is 958. The third-order valence-electron chi connectivity index (χ3n) is 5.12. The molecular formula is C23H27N2S2+. The van der Waals surface area contributed by atoms with Crippen molar-refractivity contribution in [2.75, 3.05) is 11.4 Å². The van der Waals surface area contributed by atoms with E-state index in [1.54, 1.807) is 0 Å². The second-order valence-corrected chi connectivity index (χ2v) is 8.99. The van der Waals surface area contributed by atoms with Gasteiger partial charge in [-0.1, -0.05) is 53.4 Å². The number of thioether (sulfide) groups is 1. The van der Waals surface area contributed by atoms with Crippen molar-refractivity contribution in [2.45, 2.75) is 51.0 Å². The predicted molar refractivity (Wildman–Crippen MR) is 119 cm³/mol. The molecule has 0 saturated carbocycles. The van der Waals surface area contributed by atoms with Crippen LogP contribution in [0.2, 0.25) is 0 Å². The minimum absolute atomic E-state index is 1.04. The Balaban J connectivity index is 1.35. The highest BCUT2D eigenvalue weighted by Gasteiger charge is 2.22. The van der Waals surface area contributed by atoms with Crippen LogP contribution in [0, 0.1) is 0 Å². The number of thiazole rings is 1. The van der Waals surface area contributed by atoms with Crippen LogP contribution in [0.4, 0.5) is 5.69 Å². The van der Waals surface area contributed by atoms with Gasteiger partial charge in [0.1, 0.15) is 11.2 Å². The summed E-state index contributed by atoms with van der Waals surface area (Å²) in [5.74, 6) is 0. The summed E-state index contributed by atoms with van der Waals surface area (Å²) in [7, 11) is 0. The number of unbranched alkanes of at least 4 members (excludes halogenated alkanes) is 2. The molecule has 0 radical (unpaired) electrons. The van der Waals surface area contributed by atoms with Gasteiger partial charge in [0.15, 0.2) is 0 Å². The van der Waals surface area contributed by atoms with Gasteiger partial charge in [-0.3, -0.25) is 0 Å². The maximum Gasteiger partial charge on any atom is 0.238 e. The lowest BCUT2D eigenvalue weighted by Gasteiger charge is -2.17. The molecule has 3 aromatic rings. The molecular weight excluding hydrogens is 368 g/mol. The first-order valence-electron chi connectivity index (χ1n) is 9.96. The van der Waals surface area contributed by atoms with E-state index in [2.05, 4.69) is 77.9 Å². The fourth-order valence-electron chi connectivity index (χ4n) is 3.79. The van der Waals surface area contributed by atoms with E-state index in [0.29, 0.717) is 0 Å². The van der Waals surface area contributed by atoms with Crippen molar-refractivity contribution in [3.63, 3.8) is 0 Å². The average Bonchev–Trinajstić information content (AvgIpc) is 3.24. The van der Waals surface area contributed by atoms with Crippen LogP contribution in [0.15, 0.2) is 64.5 Å². The summed E-state index contributed by atoms with van der Waals surface area (Å²) in [6, 6.07) is 17.5. The number of hydrogen-bond acceptors (Lipinski definition) is 3. The van der Waals surface area contributed by atoms with E-state index in [-0.39, 0.29) is 0 Å². The first-order valence-corrected chi connectivity index (χ1v) is 11.6. The number of rotatable bonds is 7. The lowest BCUT2D eigenvalue weighted by molar-refractivity contribution is -0.670. The number of fused-ring (bicyclic) bond motifs is 2. The molecule has 4 heteroatoms. The fourth-order valence-corrected chi connectivity index (χ4v) is 6.25. The van der Waals surface area contributed by atoms with Crippen LogP contribution in [0.3, 0.4) is 0 Å². The molecule has 4 rings (SSSR count). The fraction of sp³-hybridized carbons (Fsp3) is 0.348. The molecule has 1 aliphatic heterocycles. The highest BCUT2D eigenvalue weighted by Crippen LogP contribution is 2.45. The first kappa shape index (κ1) is 18.6. The van der Waals surface area contributed by atoms with Crippen LogP contribution >= 0.6 is 23.1 Å². The lowest BCUT2D eigenvalue weighted by Crippen LogP contribution is -2.34. The molecule has 2 nitrogen and oxygen atoms in total. The van der Waals surface area contributed by atoms with Crippen molar-refractivity contribution < 1.29 is 4.57 Å². The smallest absolute Gasteiger partial charge is 0.238 e. The standard InChI is InChI=1S/C23H27N2S2/c1-3-24-18-12-8-10-14-20(18)26-22(24)16-6-5-7-17-23-25(4-2)19-13-9-11-15-21(19)27-23/h8-16H,3-7,17H2,1-2H3/q+1/b22-16-. The van der Waals surface area contributed by atoms with E-state index < -0.39 is 0 Å². The topological polar surface area (TPSA) is 7.12 Å². The molecule has 2 aromatic carbocycles. The number of para-hydroxylation sites is 2. The van der Waals surface area contributed by atoms with Crippen LogP contribution in [0.25, 0.3) is 10.2 Å². The average molecular weight is 396 g/mol. The minimum atomic E-state index is 1.04. The van der Waals surface area contributed by atoms with E-state index in [9.17, 15) is 0 Å². The molecule has 1 aromatic heterocycles. The van der Waals surface area contributed by atoms with E-state index in [0.717, 1.165) is 19.5 Å². The van der Waals surface area contributed by atoms with Crippen molar-refractivity contribution in [3.8, 4) is 0 Å². The molecule has 0 N–H and O–H groups in total. The number of hydrogen-bond donors (Lipinski definition) is 0. The summed E-state index contributed by atoms with van der Waals surface area (Å²) in [4.78, 5) is 3.83. The van der Waals surface area contributed by atoms with E-state index in [4.69, 9.17) is 0 Å². The summed E-state index contributed by atoms with van der Waals surface area (Å²) < 4.78 is 3.90. The quantitative estimate of drug-likeness (QED) is 0.338. The molecule has 0 amide bonds. The van der Waals surface area contributed by atoms with Gasteiger partial charge in [0.2, 0.25) is 10.5 Å². The third kappa shape index (κ3) is 3.78. The number of benzene rings is 2. The van der Waals surface area contributed by atoms with Crippen molar-refractivity contribution in [1.29, 1.82) is 0 Å². The maximum atomic E-state index is 2.49. The van der Waals surface area contributed by atoms with E-state index in [1.165, 1.54) is 50.1 Å². The van der Waals surface area contributed by atoms with Crippen LogP contribution in [-0.4, -0.2) is 6.54 Å².